The third-order valence-corrected chi connectivity index (χ3v) is 2.78. The van der Waals surface area contributed by atoms with Gasteiger partial charge in [-0.25, -0.2) is 0 Å². The fourth-order valence-corrected chi connectivity index (χ4v) is 1.59. The number of aliphatic carboxylic acids is 1. The van der Waals surface area contributed by atoms with E-state index in [-0.39, 0.29) is 6.54 Å². The Morgan fingerprint density at radius 2 is 1.93 bits per heavy atom. The van der Waals surface area contributed by atoms with Crippen LogP contribution >= 0.6 is 0 Å². The molecule has 3 nitrogen and oxygen atoms in total. The van der Waals surface area contributed by atoms with Crippen LogP contribution in [0.3, 0.4) is 0 Å². The van der Waals surface area contributed by atoms with Gasteiger partial charge >= 0.3 is 5.97 Å². The zero-order valence-corrected chi connectivity index (χ0v) is 10.5. The zero-order chi connectivity index (χ0) is 11.8. The predicted molar refractivity (Wildman–Crippen MR) is 63.0 cm³/mol. The van der Waals surface area contributed by atoms with E-state index in [1.54, 1.807) is 0 Å². The molecule has 0 aromatic carbocycles. The van der Waals surface area contributed by atoms with Crippen molar-refractivity contribution in [2.45, 2.75) is 53.0 Å². The summed E-state index contributed by atoms with van der Waals surface area (Å²) in [5.41, 5.74) is 0. The van der Waals surface area contributed by atoms with Gasteiger partial charge in [0.05, 0.1) is 6.54 Å². The topological polar surface area (TPSA) is 40.5 Å². The number of hydrogen-bond acceptors (Lipinski definition) is 2. The fourth-order valence-electron chi connectivity index (χ4n) is 1.59. The summed E-state index contributed by atoms with van der Waals surface area (Å²) in [6.45, 7) is 9.67. The molecule has 0 aliphatic carbocycles. The van der Waals surface area contributed by atoms with Crippen LogP contribution in [0.25, 0.3) is 0 Å². The lowest BCUT2D eigenvalue weighted by molar-refractivity contribution is -0.138. The second-order valence-electron chi connectivity index (χ2n) is 4.66. The Balaban J connectivity index is 3.95. The van der Waals surface area contributed by atoms with Crippen LogP contribution in [0, 0.1) is 5.92 Å². The molecule has 1 N–H and O–H groups in total. The van der Waals surface area contributed by atoms with Crippen molar-refractivity contribution in [2.75, 3.05) is 13.1 Å². The summed E-state index contributed by atoms with van der Waals surface area (Å²) in [7, 11) is 0. The van der Waals surface area contributed by atoms with Gasteiger partial charge in [0.1, 0.15) is 0 Å². The van der Waals surface area contributed by atoms with Crippen molar-refractivity contribution in [1.29, 1.82) is 0 Å². The SMILES string of the molecule is CCC(C)N(CCCC(C)C)CC(=O)O. The van der Waals surface area contributed by atoms with Crippen molar-refractivity contribution in [3.63, 3.8) is 0 Å². The van der Waals surface area contributed by atoms with Crippen molar-refractivity contribution < 1.29 is 9.90 Å². The van der Waals surface area contributed by atoms with Gasteiger partial charge in [-0.1, -0.05) is 20.8 Å². The van der Waals surface area contributed by atoms with Gasteiger partial charge in [0.15, 0.2) is 0 Å². The predicted octanol–water partition coefficient (Wildman–Crippen LogP) is 2.61. The highest BCUT2D eigenvalue weighted by Crippen LogP contribution is 2.08. The summed E-state index contributed by atoms with van der Waals surface area (Å²) in [5.74, 6) is -0.0199. The van der Waals surface area contributed by atoms with Crippen molar-refractivity contribution in [1.82, 2.24) is 4.90 Å². The Kier molecular flexibility index (Phi) is 7.39. The Morgan fingerprint density at radius 3 is 2.33 bits per heavy atom. The lowest BCUT2D eigenvalue weighted by Gasteiger charge is -2.26. The second kappa shape index (κ2) is 7.69. The summed E-state index contributed by atoms with van der Waals surface area (Å²) in [5, 5.41) is 8.80. The Bertz CT molecular complexity index is 180. The highest BCUT2D eigenvalue weighted by molar-refractivity contribution is 5.69. The molecule has 0 fully saturated rings. The van der Waals surface area contributed by atoms with Gasteiger partial charge in [-0.15, -0.1) is 0 Å². The molecule has 3 heteroatoms. The van der Waals surface area contributed by atoms with E-state index in [9.17, 15) is 4.79 Å². The van der Waals surface area contributed by atoms with Crippen LogP contribution in [0.2, 0.25) is 0 Å². The molecule has 0 amide bonds. The normalized spacial score (nSPS) is 13.5. The highest BCUT2D eigenvalue weighted by atomic mass is 16.4. The first-order chi connectivity index (χ1) is 6.97. The van der Waals surface area contributed by atoms with Crippen LogP contribution < -0.4 is 0 Å². The minimum absolute atomic E-state index is 0.174. The molecule has 0 spiro atoms. The standard InChI is InChI=1S/C12H25NO2/c1-5-11(4)13(9-12(14)15)8-6-7-10(2)3/h10-11H,5-9H2,1-4H3,(H,14,15). The van der Waals surface area contributed by atoms with Crippen LogP contribution in [0.5, 0.6) is 0 Å². The average Bonchev–Trinajstić information content (AvgIpc) is 2.14. The van der Waals surface area contributed by atoms with E-state index < -0.39 is 5.97 Å². The van der Waals surface area contributed by atoms with E-state index in [0.29, 0.717) is 12.0 Å². The van der Waals surface area contributed by atoms with Gasteiger partial charge in [0.2, 0.25) is 0 Å². The molecule has 0 aliphatic rings. The average molecular weight is 215 g/mol. The molecule has 1 unspecified atom stereocenters. The van der Waals surface area contributed by atoms with Gasteiger partial charge in [0, 0.05) is 6.04 Å². The first-order valence-corrected chi connectivity index (χ1v) is 5.93. The number of carboxylic acid groups (broad SMARTS) is 1. The third-order valence-electron chi connectivity index (χ3n) is 2.78. The van der Waals surface area contributed by atoms with Crippen molar-refractivity contribution >= 4 is 5.97 Å². The first kappa shape index (κ1) is 14.4. The number of carboxylic acids is 1. The summed E-state index contributed by atoms with van der Waals surface area (Å²) >= 11 is 0. The van der Waals surface area contributed by atoms with E-state index in [0.717, 1.165) is 19.4 Å². The molecule has 0 bridgehead atoms. The number of hydrogen-bond donors (Lipinski definition) is 1. The van der Waals surface area contributed by atoms with E-state index >= 15 is 0 Å². The number of nitrogens with zero attached hydrogens (tertiary/aromatic N) is 1. The highest BCUT2D eigenvalue weighted by Gasteiger charge is 2.14. The van der Waals surface area contributed by atoms with Gasteiger partial charge in [-0.05, 0) is 38.6 Å². The molecule has 0 radical (unpaired) electrons. The molecular weight excluding hydrogens is 190 g/mol. The zero-order valence-electron chi connectivity index (χ0n) is 10.5. The minimum atomic E-state index is -0.722. The second-order valence-corrected chi connectivity index (χ2v) is 4.66. The van der Waals surface area contributed by atoms with E-state index in [1.807, 2.05) is 0 Å². The fraction of sp³-hybridized carbons (Fsp3) is 0.917. The third kappa shape index (κ3) is 7.37. The molecule has 0 aromatic rings. The molecule has 0 rings (SSSR count). The largest absolute Gasteiger partial charge is 0.480 e. The van der Waals surface area contributed by atoms with Crippen LogP contribution in [-0.2, 0) is 4.79 Å². The molecular formula is C12H25NO2. The Hall–Kier alpha value is -0.570. The Labute approximate surface area is 93.5 Å². The maximum Gasteiger partial charge on any atom is 0.317 e. The van der Waals surface area contributed by atoms with E-state index in [1.165, 1.54) is 6.42 Å². The van der Waals surface area contributed by atoms with Crippen molar-refractivity contribution in [2.24, 2.45) is 5.92 Å². The molecule has 1 atom stereocenters. The molecule has 0 saturated heterocycles. The van der Waals surface area contributed by atoms with Crippen molar-refractivity contribution in [3.05, 3.63) is 0 Å². The van der Waals surface area contributed by atoms with Crippen LogP contribution in [0.1, 0.15) is 47.0 Å². The maximum atomic E-state index is 10.7. The van der Waals surface area contributed by atoms with Crippen LogP contribution in [-0.4, -0.2) is 35.1 Å². The number of rotatable bonds is 8. The van der Waals surface area contributed by atoms with Crippen LogP contribution in [0.15, 0.2) is 0 Å². The molecule has 90 valence electrons. The van der Waals surface area contributed by atoms with Gasteiger partial charge in [-0.3, -0.25) is 9.69 Å². The van der Waals surface area contributed by atoms with Gasteiger partial charge in [-0.2, -0.15) is 0 Å². The first-order valence-electron chi connectivity index (χ1n) is 5.93. The Morgan fingerprint density at radius 1 is 1.33 bits per heavy atom. The molecule has 0 aromatic heterocycles. The molecule has 0 aliphatic heterocycles. The summed E-state index contributed by atoms with van der Waals surface area (Å²) < 4.78 is 0. The van der Waals surface area contributed by atoms with Crippen LogP contribution in [0.4, 0.5) is 0 Å². The summed E-state index contributed by atoms with van der Waals surface area (Å²) in [6, 6.07) is 0.369. The lowest BCUT2D eigenvalue weighted by atomic mass is 10.1. The lowest BCUT2D eigenvalue weighted by Crippen LogP contribution is -2.37. The molecule has 15 heavy (non-hydrogen) atoms. The quantitative estimate of drug-likeness (QED) is 0.676. The maximum absolute atomic E-state index is 10.7. The summed E-state index contributed by atoms with van der Waals surface area (Å²) in [6.07, 6.45) is 3.27. The molecule has 0 heterocycles. The van der Waals surface area contributed by atoms with Gasteiger partial charge in [0.25, 0.3) is 0 Å². The molecule has 0 saturated carbocycles. The van der Waals surface area contributed by atoms with Crippen molar-refractivity contribution in [3.8, 4) is 0 Å². The number of carbonyl (C=O) groups is 1. The minimum Gasteiger partial charge on any atom is -0.480 e. The van der Waals surface area contributed by atoms with Gasteiger partial charge < -0.3 is 5.11 Å². The van der Waals surface area contributed by atoms with E-state index in [4.69, 9.17) is 5.11 Å². The monoisotopic (exact) mass is 215 g/mol. The van der Waals surface area contributed by atoms with E-state index in [2.05, 4.69) is 32.6 Å². The smallest absolute Gasteiger partial charge is 0.317 e. The summed E-state index contributed by atoms with van der Waals surface area (Å²) in [4.78, 5) is 12.7.